The highest BCUT2D eigenvalue weighted by atomic mass is 16.5. The van der Waals surface area contributed by atoms with Crippen LogP contribution in [0.1, 0.15) is 17.2 Å². The standard InChI is InChI=1S/C15H10O3.C15H14O2/c16-13-11-8-4-5-9-12(11)18-15(14(13)17)10-6-2-1-3-7-10;16-13-10-12-8-4-5-9-14(12)17-15(13)11-6-2-1-3-7-11/h1-9,17H;1-9,13,15-16H,10H2. The first kappa shape index (κ1) is 22.4. The number of hydrogen-bond acceptors (Lipinski definition) is 5. The SMILES string of the molecule is O=c1c(O)c(-c2ccccc2)oc2ccccc12.OC1Cc2ccccc2OC1c1ccccc1. The van der Waals surface area contributed by atoms with Crippen LogP contribution in [0.3, 0.4) is 0 Å². The second-order valence-electron chi connectivity index (χ2n) is 8.30. The van der Waals surface area contributed by atoms with Crippen LogP contribution in [0.4, 0.5) is 0 Å². The van der Waals surface area contributed by atoms with Crippen LogP contribution in [0.25, 0.3) is 22.3 Å². The normalized spacial score (nSPS) is 16.5. The Labute approximate surface area is 202 Å². The molecule has 5 heteroatoms. The molecule has 0 fully saturated rings. The zero-order valence-electron chi connectivity index (χ0n) is 18.9. The lowest BCUT2D eigenvalue weighted by Gasteiger charge is -2.30. The number of rotatable bonds is 2. The van der Waals surface area contributed by atoms with Crippen LogP contribution < -0.4 is 10.2 Å². The van der Waals surface area contributed by atoms with Crippen molar-refractivity contribution in [1.29, 1.82) is 0 Å². The van der Waals surface area contributed by atoms with Gasteiger partial charge in [-0.15, -0.1) is 0 Å². The number of aliphatic hydroxyl groups excluding tert-OH is 1. The van der Waals surface area contributed by atoms with Crippen molar-refractivity contribution >= 4 is 11.0 Å². The summed E-state index contributed by atoms with van der Waals surface area (Å²) in [4.78, 5) is 12.0. The minimum Gasteiger partial charge on any atom is -0.502 e. The maximum Gasteiger partial charge on any atom is 0.235 e. The van der Waals surface area contributed by atoms with E-state index in [1.165, 1.54) is 0 Å². The van der Waals surface area contributed by atoms with Gasteiger partial charge in [-0.05, 0) is 29.3 Å². The number of aromatic hydroxyl groups is 1. The van der Waals surface area contributed by atoms with Crippen LogP contribution >= 0.6 is 0 Å². The number of fused-ring (bicyclic) bond motifs is 2. The Morgan fingerprint density at radius 1 is 0.743 bits per heavy atom. The van der Waals surface area contributed by atoms with E-state index >= 15 is 0 Å². The molecule has 0 spiro atoms. The van der Waals surface area contributed by atoms with E-state index in [1.807, 2.05) is 72.8 Å². The summed E-state index contributed by atoms with van der Waals surface area (Å²) in [6.45, 7) is 0. The van der Waals surface area contributed by atoms with Gasteiger partial charge in [0.15, 0.2) is 5.76 Å². The molecule has 0 saturated heterocycles. The lowest BCUT2D eigenvalue weighted by molar-refractivity contribution is 0.0208. The maximum atomic E-state index is 12.0. The van der Waals surface area contributed by atoms with Crippen LogP contribution in [-0.2, 0) is 6.42 Å². The van der Waals surface area contributed by atoms with E-state index in [-0.39, 0.29) is 17.6 Å². The van der Waals surface area contributed by atoms with Crippen LogP contribution in [0, 0.1) is 0 Å². The highest BCUT2D eigenvalue weighted by Gasteiger charge is 2.29. The molecule has 0 amide bonds. The quantitative estimate of drug-likeness (QED) is 0.341. The first-order valence-electron chi connectivity index (χ1n) is 11.4. The van der Waals surface area contributed by atoms with Crippen LogP contribution in [0.5, 0.6) is 11.5 Å². The number of aliphatic hydroxyl groups is 1. The fourth-order valence-electron chi connectivity index (χ4n) is 4.19. The fraction of sp³-hybridized carbons (Fsp3) is 0.100. The summed E-state index contributed by atoms with van der Waals surface area (Å²) in [5, 5.41) is 20.5. The average Bonchev–Trinajstić information content (AvgIpc) is 2.92. The Morgan fingerprint density at radius 3 is 2.14 bits per heavy atom. The van der Waals surface area contributed by atoms with E-state index in [0.717, 1.165) is 16.9 Å². The minimum atomic E-state index is -0.479. The molecule has 2 unspecified atom stereocenters. The van der Waals surface area contributed by atoms with Crippen molar-refractivity contribution in [2.75, 3.05) is 0 Å². The molecule has 174 valence electrons. The van der Waals surface area contributed by atoms with E-state index in [0.29, 0.717) is 23.0 Å². The number of benzene rings is 4. The highest BCUT2D eigenvalue weighted by molar-refractivity contribution is 5.81. The fourth-order valence-corrected chi connectivity index (χ4v) is 4.19. The molecular weight excluding hydrogens is 440 g/mol. The predicted octanol–water partition coefficient (Wildman–Crippen LogP) is 5.89. The Kier molecular flexibility index (Phi) is 6.33. The van der Waals surface area contributed by atoms with E-state index in [9.17, 15) is 15.0 Å². The summed E-state index contributed by atoms with van der Waals surface area (Å²) in [6.07, 6.45) is -0.0890. The second-order valence-corrected chi connectivity index (χ2v) is 8.30. The zero-order valence-corrected chi connectivity index (χ0v) is 18.9. The molecule has 0 bridgehead atoms. The summed E-state index contributed by atoms with van der Waals surface area (Å²) >= 11 is 0. The van der Waals surface area contributed by atoms with Gasteiger partial charge in [0.05, 0.1) is 11.5 Å². The van der Waals surface area contributed by atoms with Gasteiger partial charge in [-0.3, -0.25) is 4.79 Å². The maximum absolute atomic E-state index is 12.0. The molecule has 1 aliphatic heterocycles. The summed E-state index contributed by atoms with van der Waals surface area (Å²) in [6, 6.07) is 33.7. The third-order valence-corrected chi connectivity index (χ3v) is 5.94. The van der Waals surface area contributed by atoms with Crippen LogP contribution in [0.2, 0.25) is 0 Å². The van der Waals surface area contributed by atoms with Crippen molar-refractivity contribution in [3.63, 3.8) is 0 Å². The number of para-hydroxylation sites is 2. The molecule has 5 nitrogen and oxygen atoms in total. The average molecular weight is 465 g/mol. The van der Waals surface area contributed by atoms with Gasteiger partial charge < -0.3 is 19.4 Å². The molecule has 0 aliphatic carbocycles. The molecule has 2 N–H and O–H groups in total. The van der Waals surface area contributed by atoms with Gasteiger partial charge in [0.1, 0.15) is 17.4 Å². The lowest BCUT2D eigenvalue weighted by atomic mass is 9.95. The van der Waals surface area contributed by atoms with Gasteiger partial charge >= 0.3 is 0 Å². The molecule has 0 radical (unpaired) electrons. The van der Waals surface area contributed by atoms with Crippen LogP contribution in [-0.4, -0.2) is 16.3 Å². The summed E-state index contributed by atoms with van der Waals surface area (Å²) < 4.78 is 11.5. The van der Waals surface area contributed by atoms with E-state index in [1.54, 1.807) is 36.4 Å². The molecule has 1 aliphatic rings. The van der Waals surface area contributed by atoms with Crippen molar-refractivity contribution in [2.45, 2.75) is 18.6 Å². The molecule has 5 aromatic rings. The van der Waals surface area contributed by atoms with Crippen molar-refractivity contribution in [2.24, 2.45) is 0 Å². The largest absolute Gasteiger partial charge is 0.502 e. The molecule has 2 heterocycles. The second kappa shape index (κ2) is 9.87. The van der Waals surface area contributed by atoms with Gasteiger partial charge in [0, 0.05) is 12.0 Å². The zero-order chi connectivity index (χ0) is 24.2. The van der Waals surface area contributed by atoms with Gasteiger partial charge in [0.25, 0.3) is 0 Å². The molecule has 1 aromatic heterocycles. The monoisotopic (exact) mass is 464 g/mol. The first-order valence-corrected chi connectivity index (χ1v) is 11.4. The van der Waals surface area contributed by atoms with Crippen molar-refractivity contribution < 1.29 is 19.4 Å². The van der Waals surface area contributed by atoms with Crippen LogP contribution in [0.15, 0.2) is 118 Å². The molecule has 2 atom stereocenters. The van der Waals surface area contributed by atoms with Crippen molar-refractivity contribution in [3.05, 3.63) is 131 Å². The Morgan fingerprint density at radius 2 is 1.37 bits per heavy atom. The highest BCUT2D eigenvalue weighted by Crippen LogP contribution is 2.34. The van der Waals surface area contributed by atoms with Crippen molar-refractivity contribution in [1.82, 2.24) is 0 Å². The van der Waals surface area contributed by atoms with E-state index in [2.05, 4.69) is 0 Å². The third kappa shape index (κ3) is 4.67. The lowest BCUT2D eigenvalue weighted by Crippen LogP contribution is -2.30. The smallest absolute Gasteiger partial charge is 0.235 e. The molecular formula is C30H24O5. The van der Waals surface area contributed by atoms with Gasteiger partial charge in [-0.1, -0.05) is 91.0 Å². The van der Waals surface area contributed by atoms with Gasteiger partial charge in [-0.25, -0.2) is 0 Å². The van der Waals surface area contributed by atoms with E-state index in [4.69, 9.17) is 9.15 Å². The molecule has 6 rings (SSSR count). The Hall–Kier alpha value is -4.35. The summed E-state index contributed by atoms with van der Waals surface area (Å²) in [7, 11) is 0. The molecule has 4 aromatic carbocycles. The first-order chi connectivity index (χ1) is 17.1. The molecule has 35 heavy (non-hydrogen) atoms. The minimum absolute atomic E-state index is 0.208. The third-order valence-electron chi connectivity index (χ3n) is 5.94. The number of hydrogen-bond donors (Lipinski definition) is 2. The number of ether oxygens (including phenoxy) is 1. The molecule has 0 saturated carbocycles. The predicted molar refractivity (Wildman–Crippen MR) is 136 cm³/mol. The topological polar surface area (TPSA) is 79.9 Å². The summed E-state index contributed by atoms with van der Waals surface area (Å²) in [5.74, 6) is 0.742. The van der Waals surface area contributed by atoms with E-state index < -0.39 is 11.5 Å². The summed E-state index contributed by atoms with van der Waals surface area (Å²) in [5.41, 5.74) is 2.84. The Bertz CT molecular complexity index is 1490. The Balaban J connectivity index is 0.000000145. The van der Waals surface area contributed by atoms with Gasteiger partial charge in [0.2, 0.25) is 11.2 Å². The van der Waals surface area contributed by atoms with Gasteiger partial charge in [-0.2, -0.15) is 0 Å². The van der Waals surface area contributed by atoms with Crippen molar-refractivity contribution in [3.8, 4) is 22.8 Å².